The number of carbonyl (C=O) groups is 1. The summed E-state index contributed by atoms with van der Waals surface area (Å²) >= 11 is 19.6. The Morgan fingerprint density at radius 3 is 2.42 bits per heavy atom. The van der Waals surface area contributed by atoms with E-state index < -0.39 is 5.97 Å². The Labute approximate surface area is 244 Å². The zero-order chi connectivity index (χ0) is 27.8. The Morgan fingerprint density at radius 1 is 0.925 bits per heavy atom. The molecule has 5 aromatic rings. The smallest absolute Gasteiger partial charge is 0.337 e. The molecule has 0 saturated heterocycles. The van der Waals surface area contributed by atoms with E-state index in [4.69, 9.17) is 53.3 Å². The maximum atomic E-state index is 11.9. The largest absolute Gasteiger partial charge is 0.489 e. The first kappa shape index (κ1) is 26.4. The molecule has 1 fully saturated rings. The van der Waals surface area contributed by atoms with Gasteiger partial charge in [0.15, 0.2) is 5.76 Å². The first-order valence-electron chi connectivity index (χ1n) is 12.4. The van der Waals surface area contributed by atoms with Gasteiger partial charge in [0.05, 0.1) is 33.3 Å². The summed E-state index contributed by atoms with van der Waals surface area (Å²) in [6.07, 6.45) is 2.07. The van der Waals surface area contributed by atoms with E-state index in [0.29, 0.717) is 66.1 Å². The highest BCUT2D eigenvalue weighted by atomic mass is 35.5. The van der Waals surface area contributed by atoms with Gasteiger partial charge >= 0.3 is 5.97 Å². The average molecular weight is 596 g/mol. The van der Waals surface area contributed by atoms with Crippen molar-refractivity contribution in [2.24, 2.45) is 0 Å². The first-order chi connectivity index (χ1) is 19.4. The zero-order valence-corrected chi connectivity index (χ0v) is 23.4. The van der Waals surface area contributed by atoms with Crippen LogP contribution in [0, 0.1) is 0 Å². The fourth-order valence-corrected chi connectivity index (χ4v) is 5.30. The number of methoxy groups -OCH3 is 1. The third kappa shape index (κ3) is 5.20. The number of halogens is 3. The van der Waals surface area contributed by atoms with Gasteiger partial charge in [-0.05, 0) is 55.3 Å². The Balaban J connectivity index is 1.23. The second kappa shape index (κ2) is 11.0. The number of hydrogen-bond donors (Lipinski definition) is 0. The lowest BCUT2D eigenvalue weighted by molar-refractivity contribution is 0.0600. The molecular formula is C30H21Cl3N2O5. The van der Waals surface area contributed by atoms with Crippen LogP contribution in [0.2, 0.25) is 15.1 Å². The molecule has 1 aliphatic rings. The topological polar surface area (TPSA) is 87.6 Å². The third-order valence-corrected chi connectivity index (χ3v) is 7.59. The van der Waals surface area contributed by atoms with Gasteiger partial charge in [0.2, 0.25) is 0 Å². The number of carbonyl (C=O) groups excluding carboxylic acids is 1. The van der Waals surface area contributed by atoms with Crippen molar-refractivity contribution < 1.29 is 23.3 Å². The lowest BCUT2D eigenvalue weighted by Gasteiger charge is -2.10. The minimum Gasteiger partial charge on any atom is -0.489 e. The molecule has 1 saturated carbocycles. The molecule has 3 aromatic carbocycles. The van der Waals surface area contributed by atoms with Crippen LogP contribution in [0.3, 0.4) is 0 Å². The quantitative estimate of drug-likeness (QED) is 0.166. The number of rotatable bonds is 8. The van der Waals surface area contributed by atoms with Crippen LogP contribution >= 0.6 is 34.8 Å². The summed E-state index contributed by atoms with van der Waals surface area (Å²) in [6, 6.07) is 19.3. The molecule has 0 atom stereocenters. The van der Waals surface area contributed by atoms with Gasteiger partial charge in [-0.1, -0.05) is 63.3 Å². The van der Waals surface area contributed by atoms with Gasteiger partial charge in [0, 0.05) is 28.7 Å². The standard InChI is InChI=1S/C30H21Cl3N2O5/c1-37-30(36)18-5-2-4-17(12-18)26-14-25(34-39-26)20-11-10-19(13-24(20)33)38-15-21-28(35-40-29(21)16-8-9-16)27-22(31)6-3-7-23(27)32/h2-7,10-14,16H,8-9,15H2,1H3. The molecule has 0 radical (unpaired) electrons. The van der Waals surface area contributed by atoms with Gasteiger partial charge in [0.1, 0.15) is 29.5 Å². The maximum absolute atomic E-state index is 11.9. The molecule has 0 bridgehead atoms. The van der Waals surface area contributed by atoms with Crippen LogP contribution in [0.5, 0.6) is 5.75 Å². The van der Waals surface area contributed by atoms with Crippen LogP contribution in [0.25, 0.3) is 33.8 Å². The molecule has 0 spiro atoms. The zero-order valence-electron chi connectivity index (χ0n) is 21.1. The SMILES string of the molecule is COC(=O)c1cccc(-c2cc(-c3ccc(OCc4c(-c5c(Cl)cccc5Cl)noc4C4CC4)cc3Cl)no2)c1. The molecule has 10 heteroatoms. The molecule has 40 heavy (non-hydrogen) atoms. The van der Waals surface area contributed by atoms with E-state index in [-0.39, 0.29) is 6.61 Å². The van der Waals surface area contributed by atoms with Gasteiger partial charge < -0.3 is 18.5 Å². The summed E-state index contributed by atoms with van der Waals surface area (Å²) in [6.45, 7) is 0.201. The lowest BCUT2D eigenvalue weighted by atomic mass is 10.0. The van der Waals surface area contributed by atoms with Crippen molar-refractivity contribution in [3.63, 3.8) is 0 Å². The van der Waals surface area contributed by atoms with E-state index in [2.05, 4.69) is 10.3 Å². The molecule has 202 valence electrons. The molecule has 0 aliphatic heterocycles. The van der Waals surface area contributed by atoms with Crippen molar-refractivity contribution in [1.29, 1.82) is 0 Å². The summed E-state index contributed by atoms with van der Waals surface area (Å²) in [5, 5.41) is 9.88. The van der Waals surface area contributed by atoms with Crippen LogP contribution in [-0.2, 0) is 11.3 Å². The van der Waals surface area contributed by atoms with Crippen LogP contribution in [-0.4, -0.2) is 23.4 Å². The van der Waals surface area contributed by atoms with Gasteiger partial charge in [-0.2, -0.15) is 0 Å². The van der Waals surface area contributed by atoms with Gasteiger partial charge in [0.25, 0.3) is 0 Å². The van der Waals surface area contributed by atoms with Crippen LogP contribution in [0.4, 0.5) is 0 Å². The highest BCUT2D eigenvalue weighted by Gasteiger charge is 2.33. The molecule has 0 unspecified atom stereocenters. The van der Waals surface area contributed by atoms with Gasteiger partial charge in [-0.25, -0.2) is 4.79 Å². The minimum absolute atomic E-state index is 0.201. The molecule has 7 nitrogen and oxygen atoms in total. The summed E-state index contributed by atoms with van der Waals surface area (Å²) in [7, 11) is 1.34. The minimum atomic E-state index is -0.433. The van der Waals surface area contributed by atoms with Crippen molar-refractivity contribution in [2.75, 3.05) is 7.11 Å². The number of hydrogen-bond acceptors (Lipinski definition) is 7. The highest BCUT2D eigenvalue weighted by Crippen LogP contribution is 2.46. The average Bonchev–Trinajstić information content (AvgIpc) is 3.53. The predicted molar refractivity (Wildman–Crippen MR) is 152 cm³/mol. The molecule has 2 heterocycles. The monoisotopic (exact) mass is 594 g/mol. The van der Waals surface area contributed by atoms with Crippen molar-refractivity contribution in [1.82, 2.24) is 10.3 Å². The molecular weight excluding hydrogens is 575 g/mol. The predicted octanol–water partition coefficient (Wildman–Crippen LogP) is 8.87. The number of ether oxygens (including phenoxy) is 2. The van der Waals surface area contributed by atoms with E-state index in [0.717, 1.165) is 24.2 Å². The summed E-state index contributed by atoms with van der Waals surface area (Å²) in [5.74, 6) is 1.71. The third-order valence-electron chi connectivity index (χ3n) is 6.64. The van der Waals surface area contributed by atoms with Crippen molar-refractivity contribution in [3.05, 3.63) is 98.7 Å². The lowest BCUT2D eigenvalue weighted by Crippen LogP contribution is -2.00. The second-order valence-electron chi connectivity index (χ2n) is 9.32. The Morgan fingerprint density at radius 2 is 1.70 bits per heavy atom. The van der Waals surface area contributed by atoms with E-state index in [9.17, 15) is 4.79 Å². The van der Waals surface area contributed by atoms with Gasteiger partial charge in [-0.15, -0.1) is 0 Å². The summed E-state index contributed by atoms with van der Waals surface area (Å²) < 4.78 is 22.2. The number of benzene rings is 3. The molecule has 1 aliphatic carbocycles. The normalized spacial score (nSPS) is 12.9. The first-order valence-corrected chi connectivity index (χ1v) is 13.6. The van der Waals surface area contributed by atoms with E-state index in [1.54, 1.807) is 54.6 Å². The number of aromatic nitrogens is 2. The maximum Gasteiger partial charge on any atom is 0.337 e. The molecule has 0 N–H and O–H groups in total. The fraction of sp³-hybridized carbons (Fsp3) is 0.167. The second-order valence-corrected chi connectivity index (χ2v) is 10.5. The molecule has 6 rings (SSSR count). The van der Waals surface area contributed by atoms with Crippen molar-refractivity contribution >= 4 is 40.8 Å². The Bertz CT molecular complexity index is 1700. The van der Waals surface area contributed by atoms with Crippen molar-refractivity contribution in [2.45, 2.75) is 25.4 Å². The summed E-state index contributed by atoms with van der Waals surface area (Å²) in [4.78, 5) is 11.9. The fourth-order valence-electron chi connectivity index (χ4n) is 4.45. The van der Waals surface area contributed by atoms with Crippen LogP contribution in [0.1, 0.15) is 40.4 Å². The Kier molecular flexibility index (Phi) is 7.27. The summed E-state index contributed by atoms with van der Waals surface area (Å²) in [5.41, 5.74) is 4.32. The van der Waals surface area contributed by atoms with Crippen LogP contribution < -0.4 is 4.74 Å². The van der Waals surface area contributed by atoms with E-state index >= 15 is 0 Å². The number of nitrogens with zero attached hydrogens (tertiary/aromatic N) is 2. The Hall–Kier alpha value is -3.78. The highest BCUT2D eigenvalue weighted by molar-refractivity contribution is 6.39. The van der Waals surface area contributed by atoms with Crippen molar-refractivity contribution in [3.8, 4) is 39.6 Å². The van der Waals surface area contributed by atoms with Crippen LogP contribution in [0.15, 0.2) is 75.8 Å². The van der Waals surface area contributed by atoms with E-state index in [1.807, 2.05) is 12.1 Å². The number of esters is 1. The molecule has 2 aromatic heterocycles. The molecule has 0 amide bonds. The van der Waals surface area contributed by atoms with E-state index in [1.165, 1.54) is 7.11 Å². The van der Waals surface area contributed by atoms with Gasteiger partial charge in [-0.3, -0.25) is 0 Å².